The van der Waals surface area contributed by atoms with Gasteiger partial charge in [-0.05, 0) is 53.9 Å². The maximum Gasteiger partial charge on any atom is 0.226 e. The van der Waals surface area contributed by atoms with Crippen LogP contribution in [0.25, 0.3) is 0 Å². The number of ether oxygens (including phenoxy) is 1. The predicted octanol–water partition coefficient (Wildman–Crippen LogP) is 3.69. The van der Waals surface area contributed by atoms with E-state index >= 15 is 0 Å². The number of hydrogen-bond donors (Lipinski definition) is 2. The Labute approximate surface area is 134 Å². The highest BCUT2D eigenvalue weighted by Gasteiger charge is 2.44. The lowest BCUT2D eigenvalue weighted by atomic mass is 10.1. The zero-order valence-electron chi connectivity index (χ0n) is 12.6. The average Bonchev–Trinajstić information content (AvgIpc) is 3.22. The highest BCUT2D eigenvalue weighted by atomic mass is 79.9. The molecule has 0 spiro atoms. The minimum absolute atomic E-state index is 0.137. The molecule has 1 aliphatic carbocycles. The summed E-state index contributed by atoms with van der Waals surface area (Å²) in [4.78, 5) is 11.9. The van der Waals surface area contributed by atoms with Gasteiger partial charge in [0.1, 0.15) is 5.75 Å². The van der Waals surface area contributed by atoms with Gasteiger partial charge in [0.15, 0.2) is 0 Å². The molecule has 1 aromatic carbocycles. The van der Waals surface area contributed by atoms with E-state index in [9.17, 15) is 4.79 Å². The number of nitrogens with one attached hydrogen (secondary N) is 2. The van der Waals surface area contributed by atoms with Gasteiger partial charge in [-0.15, -0.1) is 0 Å². The van der Waals surface area contributed by atoms with E-state index in [2.05, 4.69) is 26.6 Å². The van der Waals surface area contributed by atoms with Crippen molar-refractivity contribution in [1.29, 1.82) is 0 Å². The van der Waals surface area contributed by atoms with E-state index in [1.165, 1.54) is 0 Å². The van der Waals surface area contributed by atoms with Crippen molar-refractivity contribution in [3.05, 3.63) is 34.4 Å². The number of halogens is 1. The molecule has 0 radical (unpaired) electrons. The van der Waals surface area contributed by atoms with Crippen LogP contribution in [0.15, 0.2) is 34.4 Å². The van der Waals surface area contributed by atoms with Crippen molar-refractivity contribution >= 4 is 27.5 Å². The van der Waals surface area contributed by atoms with Crippen molar-refractivity contribution in [3.63, 3.8) is 0 Å². The van der Waals surface area contributed by atoms with E-state index in [0.29, 0.717) is 6.54 Å². The first-order chi connectivity index (χ1) is 9.98. The van der Waals surface area contributed by atoms with Crippen molar-refractivity contribution in [2.45, 2.75) is 26.7 Å². The van der Waals surface area contributed by atoms with E-state index in [-0.39, 0.29) is 11.3 Å². The molecule has 21 heavy (non-hydrogen) atoms. The molecule has 1 fully saturated rings. The van der Waals surface area contributed by atoms with Gasteiger partial charge in [0.2, 0.25) is 5.91 Å². The molecule has 0 bridgehead atoms. The largest absolute Gasteiger partial charge is 0.496 e. The number of carbonyl (C=O) groups excluding carboxylic acids is 1. The van der Waals surface area contributed by atoms with Gasteiger partial charge in [-0.2, -0.15) is 0 Å². The van der Waals surface area contributed by atoms with E-state index in [0.717, 1.165) is 34.4 Å². The third-order valence-corrected chi connectivity index (χ3v) is 4.41. The van der Waals surface area contributed by atoms with Crippen LogP contribution in [-0.2, 0) is 4.79 Å². The Morgan fingerprint density at radius 2 is 2.19 bits per heavy atom. The number of rotatable bonds is 6. The minimum Gasteiger partial charge on any atom is -0.496 e. The molecule has 2 N–H and O–H groups in total. The van der Waals surface area contributed by atoms with Crippen LogP contribution < -0.4 is 15.4 Å². The first-order valence-corrected chi connectivity index (χ1v) is 7.82. The molecule has 0 atom stereocenters. The second-order valence-corrected chi connectivity index (χ2v) is 6.39. The van der Waals surface area contributed by atoms with Gasteiger partial charge in [-0.25, -0.2) is 0 Å². The lowest BCUT2D eigenvalue weighted by Crippen LogP contribution is -2.33. The Hall–Kier alpha value is -1.49. The zero-order valence-corrected chi connectivity index (χ0v) is 14.2. The summed E-state index contributed by atoms with van der Waals surface area (Å²) in [6.45, 7) is 4.46. The van der Waals surface area contributed by atoms with E-state index in [4.69, 9.17) is 4.74 Å². The van der Waals surface area contributed by atoms with Crippen LogP contribution in [-0.4, -0.2) is 19.6 Å². The third kappa shape index (κ3) is 4.00. The molecule has 0 aromatic heterocycles. The molecular weight excluding hydrogens is 332 g/mol. The van der Waals surface area contributed by atoms with Crippen molar-refractivity contribution in [2.75, 3.05) is 19.0 Å². The summed E-state index contributed by atoms with van der Waals surface area (Å²) in [5.74, 6) is 0.928. The van der Waals surface area contributed by atoms with Crippen LogP contribution in [0.1, 0.15) is 26.7 Å². The SMILES string of the molecule is C/C=C(/CNC(=O)C1(C)CC1)Nc1ccc(OC)c(Br)c1. The molecule has 2 rings (SSSR count). The average molecular weight is 353 g/mol. The molecule has 4 nitrogen and oxygen atoms in total. The summed E-state index contributed by atoms with van der Waals surface area (Å²) in [7, 11) is 1.64. The molecular formula is C16H21BrN2O2. The van der Waals surface area contributed by atoms with Crippen LogP contribution in [0, 0.1) is 5.41 Å². The molecule has 1 amide bonds. The second-order valence-electron chi connectivity index (χ2n) is 5.53. The Bertz CT molecular complexity index is 565. The highest BCUT2D eigenvalue weighted by molar-refractivity contribution is 9.10. The summed E-state index contributed by atoms with van der Waals surface area (Å²) in [5, 5.41) is 6.30. The fraction of sp³-hybridized carbons (Fsp3) is 0.438. The summed E-state index contributed by atoms with van der Waals surface area (Å²) in [5.41, 5.74) is 1.77. The normalized spacial score (nSPS) is 16.3. The van der Waals surface area contributed by atoms with Gasteiger partial charge in [0, 0.05) is 16.8 Å². The third-order valence-electron chi connectivity index (χ3n) is 3.79. The Morgan fingerprint density at radius 1 is 1.48 bits per heavy atom. The number of allylic oxidation sites excluding steroid dienone is 1. The first-order valence-electron chi connectivity index (χ1n) is 7.02. The summed E-state index contributed by atoms with van der Waals surface area (Å²) >= 11 is 3.46. The monoisotopic (exact) mass is 352 g/mol. The molecule has 1 aromatic rings. The fourth-order valence-electron chi connectivity index (χ4n) is 1.95. The quantitative estimate of drug-likeness (QED) is 0.820. The van der Waals surface area contributed by atoms with Crippen molar-refractivity contribution in [2.24, 2.45) is 5.41 Å². The standard InChI is InChI=1S/C16H21BrN2O2/c1-4-11(10-18-15(20)16(2)7-8-16)19-12-5-6-14(21-3)13(17)9-12/h4-6,9,19H,7-8,10H2,1-3H3,(H,18,20)/b11-4-. The van der Waals surface area contributed by atoms with Crippen molar-refractivity contribution in [3.8, 4) is 5.75 Å². The lowest BCUT2D eigenvalue weighted by molar-refractivity contribution is -0.125. The lowest BCUT2D eigenvalue weighted by Gasteiger charge is -2.15. The zero-order chi connectivity index (χ0) is 15.5. The Balaban J connectivity index is 1.93. The number of methoxy groups -OCH3 is 1. The van der Waals surface area contributed by atoms with Crippen LogP contribution >= 0.6 is 15.9 Å². The minimum atomic E-state index is -0.137. The maximum absolute atomic E-state index is 11.9. The molecule has 0 saturated heterocycles. The second kappa shape index (κ2) is 6.52. The highest BCUT2D eigenvalue weighted by Crippen LogP contribution is 2.44. The number of anilines is 1. The van der Waals surface area contributed by atoms with Gasteiger partial charge >= 0.3 is 0 Å². The van der Waals surface area contributed by atoms with E-state index in [1.807, 2.05) is 38.1 Å². The number of hydrogen-bond acceptors (Lipinski definition) is 3. The smallest absolute Gasteiger partial charge is 0.226 e. The summed E-state index contributed by atoms with van der Waals surface area (Å²) < 4.78 is 6.10. The van der Waals surface area contributed by atoms with Gasteiger partial charge in [0.25, 0.3) is 0 Å². The van der Waals surface area contributed by atoms with Crippen molar-refractivity contribution in [1.82, 2.24) is 5.32 Å². The molecule has 0 heterocycles. The molecule has 114 valence electrons. The van der Waals surface area contributed by atoms with E-state index in [1.54, 1.807) is 7.11 Å². The fourth-order valence-corrected chi connectivity index (χ4v) is 2.49. The molecule has 5 heteroatoms. The van der Waals surface area contributed by atoms with Crippen LogP contribution in [0.4, 0.5) is 5.69 Å². The van der Waals surface area contributed by atoms with Gasteiger partial charge in [-0.1, -0.05) is 13.0 Å². The van der Waals surface area contributed by atoms with Gasteiger partial charge < -0.3 is 15.4 Å². The predicted molar refractivity (Wildman–Crippen MR) is 88.4 cm³/mol. The van der Waals surface area contributed by atoms with Crippen LogP contribution in [0.2, 0.25) is 0 Å². The number of amides is 1. The number of carbonyl (C=O) groups is 1. The van der Waals surface area contributed by atoms with E-state index < -0.39 is 0 Å². The van der Waals surface area contributed by atoms with Crippen molar-refractivity contribution < 1.29 is 9.53 Å². The maximum atomic E-state index is 11.9. The summed E-state index contributed by atoms with van der Waals surface area (Å²) in [6, 6.07) is 5.78. The van der Waals surface area contributed by atoms with Crippen LogP contribution in [0.3, 0.4) is 0 Å². The summed E-state index contributed by atoms with van der Waals surface area (Å²) in [6.07, 6.45) is 3.94. The Kier molecular flexibility index (Phi) is 4.93. The molecule has 0 aliphatic heterocycles. The topological polar surface area (TPSA) is 50.4 Å². The Morgan fingerprint density at radius 3 is 2.71 bits per heavy atom. The van der Waals surface area contributed by atoms with Gasteiger partial charge in [0.05, 0.1) is 18.1 Å². The van der Waals surface area contributed by atoms with Crippen LogP contribution in [0.5, 0.6) is 5.75 Å². The van der Waals surface area contributed by atoms with Gasteiger partial charge in [-0.3, -0.25) is 4.79 Å². The molecule has 1 saturated carbocycles. The number of benzene rings is 1. The first kappa shape index (κ1) is 15.9. The molecule has 0 unspecified atom stereocenters. The molecule has 1 aliphatic rings.